The first-order valence-electron chi connectivity index (χ1n) is 5.75. The highest BCUT2D eigenvalue weighted by atomic mass is 16.4. The largest absolute Gasteiger partial charge is 0.478 e. The zero-order valence-electron chi connectivity index (χ0n) is 10.1. The van der Waals surface area contributed by atoms with E-state index < -0.39 is 5.97 Å². The normalized spacial score (nSPS) is 9.83. The van der Waals surface area contributed by atoms with Gasteiger partial charge in [0.2, 0.25) is 0 Å². The topological polar surface area (TPSA) is 37.3 Å². The number of carbonyl (C=O) groups is 1. The van der Waals surface area contributed by atoms with Gasteiger partial charge in [-0.15, -0.1) is 0 Å². The molecule has 0 atom stereocenters. The van der Waals surface area contributed by atoms with Crippen molar-refractivity contribution in [3.05, 3.63) is 77.4 Å². The Labute approximate surface area is 106 Å². The molecule has 0 aliphatic carbocycles. The minimum absolute atomic E-state index is 0.354. The fraction of sp³-hybridized carbons (Fsp3) is 0.0625. The Balaban J connectivity index is 2.64. The van der Waals surface area contributed by atoms with Crippen LogP contribution < -0.4 is 0 Å². The second-order valence-electron chi connectivity index (χ2n) is 4.04. The molecule has 0 bridgehead atoms. The number of carboxylic acids is 1. The van der Waals surface area contributed by atoms with E-state index >= 15 is 0 Å². The molecule has 0 radical (unpaired) electrons. The average Bonchev–Trinajstić information content (AvgIpc) is 2.41. The van der Waals surface area contributed by atoms with E-state index in [1.807, 2.05) is 60.7 Å². The summed E-state index contributed by atoms with van der Waals surface area (Å²) in [4.78, 5) is 11.2. The Morgan fingerprint density at radius 3 is 1.56 bits per heavy atom. The SMILES string of the molecule is CC(C(=O)O)=C(c1ccccc1)c1ccccc1. The summed E-state index contributed by atoms with van der Waals surface area (Å²) >= 11 is 0. The van der Waals surface area contributed by atoms with Gasteiger partial charge in [0.25, 0.3) is 0 Å². The van der Waals surface area contributed by atoms with Gasteiger partial charge in [-0.2, -0.15) is 0 Å². The first kappa shape index (κ1) is 12.1. The molecule has 0 spiro atoms. The molecule has 0 aliphatic rings. The molecule has 2 rings (SSSR count). The van der Waals surface area contributed by atoms with Crippen LogP contribution in [0.2, 0.25) is 0 Å². The smallest absolute Gasteiger partial charge is 0.331 e. The highest BCUT2D eigenvalue weighted by Gasteiger charge is 2.12. The fourth-order valence-electron chi connectivity index (χ4n) is 1.92. The minimum Gasteiger partial charge on any atom is -0.478 e. The van der Waals surface area contributed by atoms with Crippen molar-refractivity contribution < 1.29 is 9.90 Å². The van der Waals surface area contributed by atoms with Crippen LogP contribution in [0.1, 0.15) is 18.1 Å². The lowest BCUT2D eigenvalue weighted by Gasteiger charge is -2.10. The average molecular weight is 238 g/mol. The molecule has 0 unspecified atom stereocenters. The Morgan fingerprint density at radius 2 is 1.22 bits per heavy atom. The molecule has 0 fully saturated rings. The molecule has 2 aromatic carbocycles. The van der Waals surface area contributed by atoms with E-state index in [0.29, 0.717) is 5.57 Å². The zero-order chi connectivity index (χ0) is 13.0. The molecular formula is C16H14O2. The Hall–Kier alpha value is -2.35. The maximum absolute atomic E-state index is 11.2. The van der Waals surface area contributed by atoms with Gasteiger partial charge in [0.05, 0.1) is 0 Å². The van der Waals surface area contributed by atoms with Crippen LogP contribution in [0.3, 0.4) is 0 Å². The Kier molecular flexibility index (Phi) is 3.58. The van der Waals surface area contributed by atoms with Crippen molar-refractivity contribution in [1.29, 1.82) is 0 Å². The van der Waals surface area contributed by atoms with Gasteiger partial charge in [-0.25, -0.2) is 4.79 Å². The lowest BCUT2D eigenvalue weighted by atomic mass is 9.94. The van der Waals surface area contributed by atoms with Gasteiger partial charge in [-0.05, 0) is 23.6 Å². The molecule has 2 heteroatoms. The van der Waals surface area contributed by atoms with Gasteiger partial charge in [-0.3, -0.25) is 0 Å². The second-order valence-corrected chi connectivity index (χ2v) is 4.04. The van der Waals surface area contributed by atoms with Crippen molar-refractivity contribution in [1.82, 2.24) is 0 Å². The molecule has 0 amide bonds. The van der Waals surface area contributed by atoms with Crippen LogP contribution in [0.25, 0.3) is 5.57 Å². The molecule has 0 heterocycles. The maximum atomic E-state index is 11.2. The summed E-state index contributed by atoms with van der Waals surface area (Å²) in [5.41, 5.74) is 2.96. The summed E-state index contributed by atoms with van der Waals surface area (Å²) < 4.78 is 0. The zero-order valence-corrected chi connectivity index (χ0v) is 10.1. The molecule has 2 nitrogen and oxygen atoms in total. The predicted octanol–water partition coefficient (Wildman–Crippen LogP) is 3.59. The highest BCUT2D eigenvalue weighted by molar-refractivity contribution is 6.00. The third-order valence-electron chi connectivity index (χ3n) is 2.82. The van der Waals surface area contributed by atoms with Crippen molar-refractivity contribution >= 4 is 11.5 Å². The third kappa shape index (κ3) is 2.48. The molecule has 0 saturated heterocycles. The van der Waals surface area contributed by atoms with E-state index in [1.54, 1.807) is 6.92 Å². The van der Waals surface area contributed by atoms with Crippen molar-refractivity contribution in [2.24, 2.45) is 0 Å². The number of rotatable bonds is 3. The lowest BCUT2D eigenvalue weighted by Crippen LogP contribution is -2.02. The van der Waals surface area contributed by atoms with Crippen LogP contribution in [0.4, 0.5) is 0 Å². The molecule has 0 saturated carbocycles. The van der Waals surface area contributed by atoms with E-state index in [-0.39, 0.29) is 0 Å². The van der Waals surface area contributed by atoms with E-state index in [9.17, 15) is 9.90 Å². The molecule has 0 aromatic heterocycles. The molecular weight excluding hydrogens is 224 g/mol. The molecule has 0 aliphatic heterocycles. The third-order valence-corrected chi connectivity index (χ3v) is 2.82. The fourth-order valence-corrected chi connectivity index (χ4v) is 1.92. The first-order valence-corrected chi connectivity index (χ1v) is 5.75. The number of benzene rings is 2. The monoisotopic (exact) mass is 238 g/mol. The predicted molar refractivity (Wildman–Crippen MR) is 72.2 cm³/mol. The summed E-state index contributed by atoms with van der Waals surface area (Å²) in [5, 5.41) is 9.22. The number of carboxylic acid groups (broad SMARTS) is 1. The minimum atomic E-state index is -0.891. The lowest BCUT2D eigenvalue weighted by molar-refractivity contribution is -0.132. The second kappa shape index (κ2) is 5.32. The van der Waals surface area contributed by atoms with Crippen molar-refractivity contribution in [2.75, 3.05) is 0 Å². The van der Waals surface area contributed by atoms with Crippen LogP contribution >= 0.6 is 0 Å². The summed E-state index contributed by atoms with van der Waals surface area (Å²) in [6.07, 6.45) is 0. The summed E-state index contributed by atoms with van der Waals surface area (Å²) in [7, 11) is 0. The van der Waals surface area contributed by atoms with E-state index in [1.165, 1.54) is 0 Å². The summed E-state index contributed by atoms with van der Waals surface area (Å²) in [6.45, 7) is 1.64. The van der Waals surface area contributed by atoms with Crippen molar-refractivity contribution in [3.63, 3.8) is 0 Å². The van der Waals surface area contributed by atoms with Crippen LogP contribution in [0.5, 0.6) is 0 Å². The molecule has 1 N–H and O–H groups in total. The maximum Gasteiger partial charge on any atom is 0.331 e. The van der Waals surface area contributed by atoms with E-state index in [0.717, 1.165) is 16.7 Å². The van der Waals surface area contributed by atoms with Gasteiger partial charge < -0.3 is 5.11 Å². The van der Waals surface area contributed by atoms with Crippen LogP contribution in [0.15, 0.2) is 66.2 Å². The van der Waals surface area contributed by atoms with Crippen molar-refractivity contribution in [2.45, 2.75) is 6.92 Å². The van der Waals surface area contributed by atoms with Gasteiger partial charge >= 0.3 is 5.97 Å². The Bertz CT molecular complexity index is 527. The van der Waals surface area contributed by atoms with Gasteiger partial charge in [0.1, 0.15) is 0 Å². The number of hydrogen-bond donors (Lipinski definition) is 1. The molecule has 2 aromatic rings. The van der Waals surface area contributed by atoms with Crippen LogP contribution in [-0.4, -0.2) is 11.1 Å². The molecule has 18 heavy (non-hydrogen) atoms. The Morgan fingerprint density at radius 1 is 0.833 bits per heavy atom. The van der Waals surface area contributed by atoms with Gasteiger partial charge in [-0.1, -0.05) is 60.7 Å². The van der Waals surface area contributed by atoms with Crippen LogP contribution in [-0.2, 0) is 4.79 Å². The van der Waals surface area contributed by atoms with Crippen LogP contribution in [0, 0.1) is 0 Å². The quantitative estimate of drug-likeness (QED) is 0.830. The number of hydrogen-bond acceptors (Lipinski definition) is 1. The van der Waals surface area contributed by atoms with E-state index in [2.05, 4.69) is 0 Å². The van der Waals surface area contributed by atoms with Crippen molar-refractivity contribution in [3.8, 4) is 0 Å². The van der Waals surface area contributed by atoms with E-state index in [4.69, 9.17) is 0 Å². The number of aliphatic carboxylic acids is 1. The van der Waals surface area contributed by atoms with Gasteiger partial charge in [0, 0.05) is 5.57 Å². The summed E-state index contributed by atoms with van der Waals surface area (Å²) in [6, 6.07) is 19.2. The van der Waals surface area contributed by atoms with Gasteiger partial charge in [0.15, 0.2) is 0 Å². The highest BCUT2D eigenvalue weighted by Crippen LogP contribution is 2.26. The summed E-state index contributed by atoms with van der Waals surface area (Å²) in [5.74, 6) is -0.891. The standard InChI is InChI=1S/C16H14O2/c1-12(16(17)18)15(13-8-4-2-5-9-13)14-10-6-3-7-11-14/h2-11H,1H3,(H,17,18). The molecule has 90 valence electrons. The first-order chi connectivity index (χ1) is 8.70.